The smallest absolute Gasteiger partial charge is 0.355 e. The van der Waals surface area contributed by atoms with Gasteiger partial charge in [-0.3, -0.25) is 4.90 Å². The van der Waals surface area contributed by atoms with Crippen molar-refractivity contribution in [1.82, 2.24) is 4.98 Å². The fourth-order valence-corrected chi connectivity index (χ4v) is 6.00. The maximum Gasteiger partial charge on any atom is 0.355 e. The van der Waals surface area contributed by atoms with Gasteiger partial charge in [-0.05, 0) is 29.5 Å². The Bertz CT molecular complexity index is 1410. The molecule has 1 aliphatic rings. The second kappa shape index (κ2) is 10.2. The van der Waals surface area contributed by atoms with Crippen LogP contribution in [-0.4, -0.2) is 36.9 Å². The molecule has 1 unspecified atom stereocenters. The minimum Gasteiger partial charge on any atom is -0.466 e. The van der Waals surface area contributed by atoms with E-state index in [-0.39, 0.29) is 22.7 Å². The maximum atomic E-state index is 13.1. The fourth-order valence-electron chi connectivity index (χ4n) is 4.00. The van der Waals surface area contributed by atoms with Gasteiger partial charge in [0.2, 0.25) is 0 Å². The zero-order valence-corrected chi connectivity index (χ0v) is 20.9. The van der Waals surface area contributed by atoms with Crippen molar-refractivity contribution in [2.75, 3.05) is 24.9 Å². The first-order valence-electron chi connectivity index (χ1n) is 10.6. The number of nitrogens with zero attached hydrogens (tertiary/aromatic N) is 3. The quantitative estimate of drug-likeness (QED) is 0.385. The second-order valence-corrected chi connectivity index (χ2v) is 9.94. The van der Waals surface area contributed by atoms with E-state index in [9.17, 15) is 14.9 Å². The van der Waals surface area contributed by atoms with Gasteiger partial charge in [0, 0.05) is 5.69 Å². The predicted octanol–water partition coefficient (Wildman–Crippen LogP) is 4.31. The van der Waals surface area contributed by atoms with Crippen molar-refractivity contribution in [2.45, 2.75) is 17.2 Å². The van der Waals surface area contributed by atoms with Crippen molar-refractivity contribution in [2.24, 2.45) is 5.73 Å². The van der Waals surface area contributed by atoms with Crippen LogP contribution in [0.4, 0.5) is 5.69 Å². The average molecular weight is 507 g/mol. The molecule has 10 heteroatoms. The van der Waals surface area contributed by atoms with Gasteiger partial charge in [0.25, 0.3) is 0 Å². The highest BCUT2D eigenvalue weighted by atomic mass is 32.2. The van der Waals surface area contributed by atoms with E-state index in [1.165, 1.54) is 30.5 Å². The number of esters is 2. The van der Waals surface area contributed by atoms with E-state index < -0.39 is 17.9 Å². The van der Waals surface area contributed by atoms with E-state index in [0.29, 0.717) is 11.3 Å². The Balaban J connectivity index is 2.01. The number of allylic oxidation sites excluding steroid dienone is 1. The summed E-state index contributed by atoms with van der Waals surface area (Å²) in [6.45, 7) is 2.05. The molecule has 8 nitrogen and oxygen atoms in total. The van der Waals surface area contributed by atoms with Gasteiger partial charge in [-0.25, -0.2) is 14.6 Å². The average Bonchev–Trinajstić information content (AvgIpc) is 3.29. The molecule has 178 valence electrons. The number of benzene rings is 2. The lowest BCUT2D eigenvalue weighted by atomic mass is 9.81. The second-order valence-electron chi connectivity index (χ2n) is 7.40. The van der Waals surface area contributed by atoms with Gasteiger partial charge in [-0.15, -0.1) is 11.3 Å². The number of thioether (sulfide) groups is 1. The third-order valence-electron chi connectivity index (χ3n) is 5.49. The number of hydrogen-bond acceptors (Lipinski definition) is 10. The summed E-state index contributed by atoms with van der Waals surface area (Å²) in [5.74, 6) is -1.53. The Morgan fingerprint density at radius 1 is 1.17 bits per heavy atom. The van der Waals surface area contributed by atoms with Gasteiger partial charge in [0.15, 0.2) is 4.34 Å². The van der Waals surface area contributed by atoms with Crippen molar-refractivity contribution in [3.05, 3.63) is 76.8 Å². The van der Waals surface area contributed by atoms with Gasteiger partial charge in [-0.2, -0.15) is 5.26 Å². The first-order valence-corrected chi connectivity index (χ1v) is 12.4. The number of ether oxygens (including phenoxy) is 2. The number of aromatic nitrogens is 1. The van der Waals surface area contributed by atoms with Crippen LogP contribution in [-0.2, 0) is 19.1 Å². The number of nitrogens with two attached hydrogens (primary N) is 1. The number of methoxy groups -OCH3 is 2. The van der Waals surface area contributed by atoms with Crippen LogP contribution in [0.5, 0.6) is 0 Å². The summed E-state index contributed by atoms with van der Waals surface area (Å²) in [4.78, 5) is 32.3. The van der Waals surface area contributed by atoms with E-state index in [0.717, 1.165) is 20.3 Å². The Kier molecular flexibility index (Phi) is 7.10. The molecule has 0 bridgehead atoms. The number of rotatable bonds is 6. The van der Waals surface area contributed by atoms with Crippen LogP contribution in [0.15, 0.2) is 75.5 Å². The number of thiazole rings is 1. The highest BCUT2D eigenvalue weighted by molar-refractivity contribution is 8.01. The van der Waals surface area contributed by atoms with Crippen molar-refractivity contribution in [3.63, 3.8) is 0 Å². The molecular weight excluding hydrogens is 484 g/mol. The van der Waals surface area contributed by atoms with Gasteiger partial charge in [-0.1, -0.05) is 49.0 Å². The first-order chi connectivity index (χ1) is 16.9. The lowest BCUT2D eigenvalue weighted by Gasteiger charge is -2.35. The summed E-state index contributed by atoms with van der Waals surface area (Å²) >= 11 is 3.15. The van der Waals surface area contributed by atoms with Crippen molar-refractivity contribution < 1.29 is 19.1 Å². The molecule has 0 amide bonds. The molecule has 2 heterocycles. The van der Waals surface area contributed by atoms with Crippen molar-refractivity contribution in [1.29, 1.82) is 5.26 Å². The third-order valence-corrected chi connectivity index (χ3v) is 7.53. The molecule has 0 spiro atoms. The topological polar surface area (TPSA) is 119 Å². The summed E-state index contributed by atoms with van der Waals surface area (Å²) in [6, 6.07) is 16.4. The van der Waals surface area contributed by atoms with Crippen LogP contribution in [0, 0.1) is 11.3 Å². The summed E-state index contributed by atoms with van der Waals surface area (Å²) in [7, 11) is 2.45. The molecular formula is C25H22N4O4S2. The zero-order chi connectivity index (χ0) is 25.1. The number of carbonyl (C=O) groups excluding carboxylic acids is 2. The maximum absolute atomic E-state index is 13.1. The van der Waals surface area contributed by atoms with Crippen molar-refractivity contribution >= 4 is 50.9 Å². The molecule has 0 saturated carbocycles. The molecule has 1 atom stereocenters. The molecule has 0 radical (unpaired) electrons. The van der Waals surface area contributed by atoms with E-state index in [4.69, 9.17) is 15.2 Å². The molecule has 3 aromatic rings. The normalized spacial score (nSPS) is 15.8. The Morgan fingerprint density at radius 3 is 2.51 bits per heavy atom. The minimum atomic E-state index is -0.904. The van der Waals surface area contributed by atoms with Crippen LogP contribution < -0.4 is 10.6 Å². The van der Waals surface area contributed by atoms with E-state index in [1.807, 2.05) is 18.2 Å². The molecule has 35 heavy (non-hydrogen) atoms. The molecule has 0 fully saturated rings. The Labute approximate surface area is 210 Å². The lowest BCUT2D eigenvalue weighted by molar-refractivity contribution is -0.139. The largest absolute Gasteiger partial charge is 0.466 e. The molecule has 4 rings (SSSR count). The van der Waals surface area contributed by atoms with Crippen LogP contribution in [0.1, 0.15) is 18.4 Å². The Hall–Kier alpha value is -3.81. The lowest BCUT2D eigenvalue weighted by Crippen LogP contribution is -2.40. The zero-order valence-electron chi connectivity index (χ0n) is 19.3. The SMILES string of the molecule is CCSc1nc2ccc(N3C(N)=C(C#N)C(c4ccccc4)C(C(=O)OC)=C3C(=O)OC)cc2s1. The van der Waals surface area contributed by atoms with Gasteiger partial charge in [0.1, 0.15) is 11.5 Å². The standard InChI is InChI=1S/C25H22N4O4S2/c1-4-34-25-28-17-11-10-15(12-18(17)35-25)29-21(24(31)33-3)20(23(30)32-2)19(16(13-26)22(29)27)14-8-6-5-7-9-14/h5-12,19H,4,27H2,1-3H3. The number of nitriles is 1. The molecule has 1 aliphatic heterocycles. The van der Waals surface area contributed by atoms with E-state index >= 15 is 0 Å². The van der Waals surface area contributed by atoms with Crippen LogP contribution in [0.25, 0.3) is 10.2 Å². The first kappa shape index (κ1) is 24.3. The monoisotopic (exact) mass is 506 g/mol. The number of fused-ring (bicyclic) bond motifs is 1. The van der Waals surface area contributed by atoms with Gasteiger partial charge >= 0.3 is 11.9 Å². The van der Waals surface area contributed by atoms with Crippen LogP contribution in [0.2, 0.25) is 0 Å². The van der Waals surface area contributed by atoms with Crippen LogP contribution >= 0.6 is 23.1 Å². The molecule has 1 aromatic heterocycles. The number of carbonyl (C=O) groups is 2. The Morgan fingerprint density at radius 2 is 1.89 bits per heavy atom. The van der Waals surface area contributed by atoms with E-state index in [1.54, 1.807) is 42.1 Å². The van der Waals surface area contributed by atoms with Crippen LogP contribution in [0.3, 0.4) is 0 Å². The third kappa shape index (κ3) is 4.36. The highest BCUT2D eigenvalue weighted by Crippen LogP contribution is 2.44. The summed E-state index contributed by atoms with van der Waals surface area (Å²) in [5, 5.41) is 10.1. The molecule has 0 aliphatic carbocycles. The summed E-state index contributed by atoms with van der Waals surface area (Å²) in [5.41, 5.74) is 8.46. The summed E-state index contributed by atoms with van der Waals surface area (Å²) in [6.07, 6.45) is 0. The van der Waals surface area contributed by atoms with E-state index in [2.05, 4.69) is 18.0 Å². The summed E-state index contributed by atoms with van der Waals surface area (Å²) < 4.78 is 11.9. The fraction of sp³-hybridized carbons (Fsp3) is 0.200. The molecule has 2 N–H and O–H groups in total. The highest BCUT2D eigenvalue weighted by Gasteiger charge is 2.43. The van der Waals surface area contributed by atoms with Crippen molar-refractivity contribution in [3.8, 4) is 6.07 Å². The molecule has 0 saturated heterocycles. The predicted molar refractivity (Wildman–Crippen MR) is 136 cm³/mol. The molecule has 2 aromatic carbocycles. The number of anilines is 1. The number of hydrogen-bond donors (Lipinski definition) is 1. The van der Waals surface area contributed by atoms with Gasteiger partial charge in [0.05, 0.1) is 47.6 Å². The van der Waals surface area contributed by atoms with Gasteiger partial charge < -0.3 is 15.2 Å². The minimum absolute atomic E-state index is 0.0251.